The minimum absolute atomic E-state index is 0.0516. The van der Waals surface area contributed by atoms with Gasteiger partial charge in [-0.1, -0.05) is 12.1 Å². The van der Waals surface area contributed by atoms with Gasteiger partial charge in [-0.3, -0.25) is 43.8 Å². The number of amides is 7. The van der Waals surface area contributed by atoms with Crippen molar-refractivity contribution in [2.24, 2.45) is 0 Å². The molecule has 3 fully saturated rings. The molecular weight excluding hydrogens is 594 g/mol. The van der Waals surface area contributed by atoms with E-state index in [1.165, 1.54) is 0 Å². The number of nitrogens with two attached hydrogens (primary N) is 1. The van der Waals surface area contributed by atoms with Gasteiger partial charge in [0.2, 0.25) is 23.6 Å². The van der Waals surface area contributed by atoms with Crippen LogP contribution in [-0.4, -0.2) is 107 Å². The maximum atomic E-state index is 13.2. The van der Waals surface area contributed by atoms with Crippen molar-refractivity contribution in [3.05, 3.63) is 59.2 Å². The molecular formula is C32H35N7O7. The van der Waals surface area contributed by atoms with E-state index in [-0.39, 0.29) is 60.6 Å². The maximum Gasteiger partial charge on any atom is 0.262 e. The molecule has 2 aromatic carbocycles. The van der Waals surface area contributed by atoms with Crippen LogP contribution in [0, 0.1) is 0 Å². The highest BCUT2D eigenvalue weighted by Crippen LogP contribution is 2.31. The summed E-state index contributed by atoms with van der Waals surface area (Å²) in [7, 11) is 0. The number of piperazine rings is 1. The van der Waals surface area contributed by atoms with Gasteiger partial charge >= 0.3 is 0 Å². The number of piperidine rings is 1. The third-order valence-corrected chi connectivity index (χ3v) is 9.06. The zero-order chi connectivity index (χ0) is 32.5. The second-order valence-electron chi connectivity index (χ2n) is 11.9. The monoisotopic (exact) mass is 629 g/mol. The molecule has 240 valence electrons. The number of nitrogen functional groups attached to an aromatic ring is 1. The van der Waals surface area contributed by atoms with E-state index in [1.54, 1.807) is 52.3 Å². The first-order valence-corrected chi connectivity index (χ1v) is 15.4. The zero-order valence-corrected chi connectivity index (χ0v) is 25.2. The predicted octanol–water partition coefficient (Wildman–Crippen LogP) is 0.130. The number of likely N-dealkylation sites (tertiary alicyclic amines) is 1. The Bertz CT molecular complexity index is 1630. The van der Waals surface area contributed by atoms with Crippen LogP contribution in [0.5, 0.6) is 0 Å². The van der Waals surface area contributed by atoms with Gasteiger partial charge in [0.1, 0.15) is 6.04 Å². The molecule has 4 N–H and O–H groups in total. The predicted molar refractivity (Wildman–Crippen MR) is 164 cm³/mol. The Labute approximate surface area is 264 Å². The van der Waals surface area contributed by atoms with E-state index < -0.39 is 29.7 Å². The molecule has 4 heterocycles. The summed E-state index contributed by atoms with van der Waals surface area (Å²) in [6.07, 6.45) is 0.925. The summed E-state index contributed by atoms with van der Waals surface area (Å²) in [4.78, 5) is 94.7. The largest absolute Gasteiger partial charge is 0.398 e. The van der Waals surface area contributed by atoms with Crippen molar-refractivity contribution in [1.82, 2.24) is 25.3 Å². The van der Waals surface area contributed by atoms with Gasteiger partial charge in [0.05, 0.1) is 16.7 Å². The number of nitrogens with one attached hydrogen (secondary N) is 2. The van der Waals surface area contributed by atoms with Crippen molar-refractivity contribution < 1.29 is 33.6 Å². The molecule has 14 heteroatoms. The molecule has 14 nitrogen and oxygen atoms in total. The lowest BCUT2D eigenvalue weighted by molar-refractivity contribution is -0.136. The molecule has 0 aliphatic carbocycles. The van der Waals surface area contributed by atoms with Gasteiger partial charge in [0, 0.05) is 75.9 Å². The van der Waals surface area contributed by atoms with Gasteiger partial charge in [-0.2, -0.15) is 0 Å². The average Bonchev–Trinajstić information content (AvgIpc) is 3.62. The molecule has 46 heavy (non-hydrogen) atoms. The number of hydrogen-bond donors (Lipinski definition) is 3. The van der Waals surface area contributed by atoms with E-state index in [2.05, 4.69) is 10.6 Å². The van der Waals surface area contributed by atoms with E-state index in [9.17, 15) is 33.6 Å². The second kappa shape index (κ2) is 12.6. The van der Waals surface area contributed by atoms with E-state index >= 15 is 0 Å². The third kappa shape index (κ3) is 6.02. The summed E-state index contributed by atoms with van der Waals surface area (Å²) in [6.45, 7) is 2.73. The summed E-state index contributed by atoms with van der Waals surface area (Å²) in [5, 5.41) is 5.13. The quantitative estimate of drug-likeness (QED) is 0.283. The highest BCUT2D eigenvalue weighted by Gasteiger charge is 2.45. The second-order valence-corrected chi connectivity index (χ2v) is 11.9. The number of imide groups is 2. The molecule has 0 aromatic heterocycles. The van der Waals surface area contributed by atoms with Crippen LogP contribution < -0.4 is 21.3 Å². The fourth-order valence-electron chi connectivity index (χ4n) is 6.47. The van der Waals surface area contributed by atoms with Crippen molar-refractivity contribution >= 4 is 52.7 Å². The summed E-state index contributed by atoms with van der Waals surface area (Å²) in [5.74, 6) is -2.74. The minimum Gasteiger partial charge on any atom is -0.398 e. The number of fused-ring (bicyclic) bond motifs is 1. The Balaban J connectivity index is 0.967. The lowest BCUT2D eigenvalue weighted by Crippen LogP contribution is -2.54. The molecule has 0 spiro atoms. The molecule has 3 saturated heterocycles. The van der Waals surface area contributed by atoms with Crippen LogP contribution in [0.15, 0.2) is 42.5 Å². The van der Waals surface area contributed by atoms with E-state index in [0.717, 1.165) is 10.6 Å². The van der Waals surface area contributed by atoms with Crippen LogP contribution in [0.25, 0.3) is 0 Å². The topological polar surface area (TPSA) is 183 Å². The summed E-state index contributed by atoms with van der Waals surface area (Å²) >= 11 is 0. The molecule has 4 aliphatic heterocycles. The van der Waals surface area contributed by atoms with E-state index in [1.807, 2.05) is 4.90 Å². The molecule has 2 atom stereocenters. The first-order chi connectivity index (χ1) is 22.1. The standard InChI is InChI=1S/C32H35N7O7/c33-24-4-2-1-3-22(24)29(43)34-19-11-12-38(18-19)28(42)10-9-27(41)37-15-13-36(14-16-37)20-5-6-21-23(17-20)32(46)39(31(21)45)25-7-8-26(40)35-30(25)44/h1-6,17,19,25H,7-16,18,33H2,(H,34,43)(H,35,40,44)/t19-,25?/m0/s1. The van der Waals surface area contributed by atoms with Gasteiger partial charge in [-0.05, 0) is 43.2 Å². The fourth-order valence-corrected chi connectivity index (χ4v) is 6.47. The lowest BCUT2D eigenvalue weighted by atomic mass is 10.0. The van der Waals surface area contributed by atoms with Crippen molar-refractivity contribution in [1.29, 1.82) is 0 Å². The van der Waals surface area contributed by atoms with Crippen LogP contribution in [0.2, 0.25) is 0 Å². The van der Waals surface area contributed by atoms with Gasteiger partial charge in [0.15, 0.2) is 0 Å². The Morgan fingerprint density at radius 2 is 1.52 bits per heavy atom. The van der Waals surface area contributed by atoms with Crippen molar-refractivity contribution in [3.8, 4) is 0 Å². The number of carbonyl (C=O) groups is 7. The van der Waals surface area contributed by atoms with Crippen LogP contribution in [0.4, 0.5) is 11.4 Å². The van der Waals surface area contributed by atoms with E-state index in [4.69, 9.17) is 5.73 Å². The number of nitrogens with zero attached hydrogens (tertiary/aromatic N) is 4. The first-order valence-electron chi connectivity index (χ1n) is 15.4. The van der Waals surface area contributed by atoms with Crippen molar-refractivity contribution in [2.45, 2.75) is 44.2 Å². The molecule has 2 aromatic rings. The summed E-state index contributed by atoms with van der Waals surface area (Å²) in [6, 6.07) is 10.6. The Morgan fingerprint density at radius 3 is 2.24 bits per heavy atom. The van der Waals surface area contributed by atoms with Crippen LogP contribution in [-0.2, 0) is 19.2 Å². The minimum atomic E-state index is -1.03. The molecule has 0 saturated carbocycles. The molecule has 1 unspecified atom stereocenters. The number of anilines is 2. The van der Waals surface area contributed by atoms with E-state index in [0.29, 0.717) is 56.9 Å². The van der Waals surface area contributed by atoms with Crippen molar-refractivity contribution in [2.75, 3.05) is 49.9 Å². The average molecular weight is 630 g/mol. The van der Waals surface area contributed by atoms with Crippen LogP contribution in [0.1, 0.15) is 63.2 Å². The van der Waals surface area contributed by atoms with Gasteiger partial charge in [0.25, 0.3) is 17.7 Å². The van der Waals surface area contributed by atoms with Crippen molar-refractivity contribution in [3.63, 3.8) is 0 Å². The van der Waals surface area contributed by atoms with Crippen LogP contribution in [0.3, 0.4) is 0 Å². The number of benzene rings is 2. The lowest BCUT2D eigenvalue weighted by Gasteiger charge is -2.36. The zero-order valence-electron chi connectivity index (χ0n) is 25.2. The molecule has 6 rings (SSSR count). The molecule has 0 radical (unpaired) electrons. The number of para-hydroxylation sites is 1. The normalized spacial score (nSPS) is 21.4. The summed E-state index contributed by atoms with van der Waals surface area (Å²) < 4.78 is 0. The Morgan fingerprint density at radius 1 is 0.826 bits per heavy atom. The SMILES string of the molecule is Nc1ccccc1C(=O)N[C@H]1CCN(C(=O)CCC(=O)N2CCN(c3ccc4c(c3)C(=O)N(C3CCC(=O)NC3=O)C4=O)CC2)C1. The number of rotatable bonds is 7. The Hall–Kier alpha value is -5.27. The molecule has 0 bridgehead atoms. The highest BCUT2D eigenvalue weighted by atomic mass is 16.2. The molecule has 7 amide bonds. The van der Waals surface area contributed by atoms with Gasteiger partial charge in [-0.15, -0.1) is 0 Å². The third-order valence-electron chi connectivity index (χ3n) is 9.06. The fraction of sp³-hybridized carbons (Fsp3) is 0.406. The highest BCUT2D eigenvalue weighted by molar-refractivity contribution is 6.23. The van der Waals surface area contributed by atoms with Gasteiger partial charge in [-0.25, -0.2) is 0 Å². The molecule has 4 aliphatic rings. The number of hydrogen-bond acceptors (Lipinski definition) is 9. The summed E-state index contributed by atoms with van der Waals surface area (Å²) in [5.41, 5.74) is 7.82. The number of carbonyl (C=O) groups excluding carboxylic acids is 7. The maximum absolute atomic E-state index is 13.2. The Kier molecular flexibility index (Phi) is 8.43. The smallest absolute Gasteiger partial charge is 0.262 e. The van der Waals surface area contributed by atoms with Gasteiger partial charge < -0.3 is 25.8 Å². The van der Waals surface area contributed by atoms with Crippen LogP contribution >= 0.6 is 0 Å². The first kappa shape index (κ1) is 30.7.